The molecule has 154 valence electrons. The predicted octanol–water partition coefficient (Wildman–Crippen LogP) is 3.38. The number of piperazine rings is 1. The van der Waals surface area contributed by atoms with E-state index >= 15 is 0 Å². The Morgan fingerprint density at radius 3 is 2.57 bits per heavy atom. The molecule has 2 amide bonds. The highest BCUT2D eigenvalue weighted by Gasteiger charge is 2.33. The van der Waals surface area contributed by atoms with Crippen LogP contribution in [-0.2, 0) is 4.79 Å². The second kappa shape index (κ2) is 8.53. The van der Waals surface area contributed by atoms with Gasteiger partial charge in [-0.3, -0.25) is 14.6 Å². The minimum atomic E-state index is -0.642. The Balaban J connectivity index is 1.42. The highest BCUT2D eigenvalue weighted by Crippen LogP contribution is 2.25. The Bertz CT molecular complexity index is 1050. The molecular weight excluding hydrogens is 378 g/mol. The molecule has 3 aromatic rings. The monoisotopic (exact) mass is 403 g/mol. The summed E-state index contributed by atoms with van der Waals surface area (Å²) in [7, 11) is 0. The van der Waals surface area contributed by atoms with Crippen molar-refractivity contribution in [1.82, 2.24) is 14.8 Å². The zero-order valence-corrected chi connectivity index (χ0v) is 17.2. The smallest absolute Gasteiger partial charge is 0.263 e. The molecule has 0 saturated carbocycles. The van der Waals surface area contributed by atoms with Crippen LogP contribution < -0.4 is 4.74 Å². The van der Waals surface area contributed by atoms with Crippen LogP contribution >= 0.6 is 0 Å². The van der Waals surface area contributed by atoms with Gasteiger partial charge < -0.3 is 14.5 Å². The highest BCUT2D eigenvalue weighted by atomic mass is 16.5. The molecule has 2 atom stereocenters. The van der Waals surface area contributed by atoms with E-state index < -0.39 is 6.10 Å². The Morgan fingerprint density at radius 1 is 1.03 bits per heavy atom. The summed E-state index contributed by atoms with van der Waals surface area (Å²) in [6.07, 6.45) is 1.07. The van der Waals surface area contributed by atoms with E-state index in [9.17, 15) is 9.59 Å². The molecule has 0 spiro atoms. The maximum Gasteiger partial charge on any atom is 0.263 e. The van der Waals surface area contributed by atoms with Crippen LogP contribution in [0.4, 0.5) is 0 Å². The first-order valence-corrected chi connectivity index (χ1v) is 10.2. The van der Waals surface area contributed by atoms with Gasteiger partial charge in [0.15, 0.2) is 6.10 Å². The van der Waals surface area contributed by atoms with E-state index in [0.717, 1.165) is 10.9 Å². The van der Waals surface area contributed by atoms with Crippen molar-refractivity contribution in [3.05, 3.63) is 72.4 Å². The van der Waals surface area contributed by atoms with Crippen molar-refractivity contribution in [3.63, 3.8) is 0 Å². The number of hydrogen-bond acceptors (Lipinski definition) is 4. The van der Waals surface area contributed by atoms with Crippen LogP contribution in [0.2, 0.25) is 0 Å². The fourth-order valence-corrected chi connectivity index (χ4v) is 3.88. The second-order valence-corrected chi connectivity index (χ2v) is 7.59. The van der Waals surface area contributed by atoms with Crippen molar-refractivity contribution in [2.75, 3.05) is 19.6 Å². The first kappa shape index (κ1) is 19.9. The van der Waals surface area contributed by atoms with Crippen LogP contribution in [0.5, 0.6) is 5.75 Å². The number of ether oxygens (including phenoxy) is 1. The summed E-state index contributed by atoms with van der Waals surface area (Å²) < 4.78 is 6.00. The van der Waals surface area contributed by atoms with Crippen molar-refractivity contribution in [2.24, 2.45) is 0 Å². The van der Waals surface area contributed by atoms with E-state index in [0.29, 0.717) is 30.9 Å². The molecule has 1 unspecified atom stereocenters. The number of pyridine rings is 1. The normalized spacial score (nSPS) is 17.6. The SMILES string of the molecule is CC(Oc1cccc2cccnc12)C(=O)N1CCN(C(=O)c2ccccc2)C[C@H]1C. The van der Waals surface area contributed by atoms with Crippen molar-refractivity contribution < 1.29 is 14.3 Å². The second-order valence-electron chi connectivity index (χ2n) is 7.59. The predicted molar refractivity (Wildman–Crippen MR) is 115 cm³/mol. The van der Waals surface area contributed by atoms with E-state index in [4.69, 9.17) is 4.74 Å². The molecule has 1 fully saturated rings. The molecule has 30 heavy (non-hydrogen) atoms. The van der Waals surface area contributed by atoms with Crippen molar-refractivity contribution in [2.45, 2.75) is 26.0 Å². The molecule has 1 saturated heterocycles. The molecule has 1 aliphatic heterocycles. The van der Waals surface area contributed by atoms with Crippen molar-refractivity contribution >= 4 is 22.7 Å². The maximum absolute atomic E-state index is 13.1. The zero-order valence-electron chi connectivity index (χ0n) is 17.2. The molecule has 0 radical (unpaired) electrons. The number of hydrogen-bond donors (Lipinski definition) is 0. The van der Waals surface area contributed by atoms with Gasteiger partial charge in [0.1, 0.15) is 11.3 Å². The Kier molecular flexibility index (Phi) is 5.65. The molecule has 6 nitrogen and oxygen atoms in total. The zero-order chi connectivity index (χ0) is 21.1. The lowest BCUT2D eigenvalue weighted by Crippen LogP contribution is -2.57. The van der Waals surface area contributed by atoms with Gasteiger partial charge in [0.25, 0.3) is 11.8 Å². The molecule has 6 heteroatoms. The quantitative estimate of drug-likeness (QED) is 0.670. The largest absolute Gasteiger partial charge is 0.479 e. The average molecular weight is 403 g/mol. The van der Waals surface area contributed by atoms with E-state index in [-0.39, 0.29) is 17.9 Å². The molecule has 2 heterocycles. The Hall–Kier alpha value is -3.41. The van der Waals surface area contributed by atoms with Gasteiger partial charge in [-0.1, -0.05) is 36.4 Å². The lowest BCUT2D eigenvalue weighted by molar-refractivity contribution is -0.142. The van der Waals surface area contributed by atoms with Gasteiger partial charge in [0, 0.05) is 42.8 Å². The topological polar surface area (TPSA) is 62.7 Å². The maximum atomic E-state index is 13.1. The number of nitrogens with zero attached hydrogens (tertiary/aromatic N) is 3. The number of carbonyl (C=O) groups excluding carboxylic acids is 2. The van der Waals surface area contributed by atoms with Crippen LogP contribution in [0.25, 0.3) is 10.9 Å². The van der Waals surface area contributed by atoms with Crippen LogP contribution in [0.15, 0.2) is 66.9 Å². The van der Waals surface area contributed by atoms with Crippen molar-refractivity contribution in [1.29, 1.82) is 0 Å². The summed E-state index contributed by atoms with van der Waals surface area (Å²) in [6.45, 7) is 5.22. The number of rotatable bonds is 4. The van der Waals surface area contributed by atoms with Gasteiger partial charge in [-0.2, -0.15) is 0 Å². The third-order valence-electron chi connectivity index (χ3n) is 5.47. The summed E-state index contributed by atoms with van der Waals surface area (Å²) >= 11 is 0. The number of aromatic nitrogens is 1. The molecule has 0 bridgehead atoms. The van der Waals surface area contributed by atoms with Gasteiger partial charge in [-0.15, -0.1) is 0 Å². The van der Waals surface area contributed by atoms with E-state index in [2.05, 4.69) is 4.98 Å². The number of carbonyl (C=O) groups is 2. The molecule has 0 aliphatic carbocycles. The summed E-state index contributed by atoms with van der Waals surface area (Å²) in [5, 5.41) is 0.969. The minimum absolute atomic E-state index is 0.000627. The Morgan fingerprint density at radius 2 is 1.80 bits per heavy atom. The van der Waals surface area contributed by atoms with Gasteiger partial charge in [0.2, 0.25) is 0 Å². The van der Waals surface area contributed by atoms with Gasteiger partial charge in [0.05, 0.1) is 0 Å². The molecule has 1 aromatic heterocycles. The lowest BCUT2D eigenvalue weighted by atomic mass is 10.1. The van der Waals surface area contributed by atoms with Crippen LogP contribution in [0.3, 0.4) is 0 Å². The van der Waals surface area contributed by atoms with E-state index in [1.54, 1.807) is 18.0 Å². The third-order valence-corrected chi connectivity index (χ3v) is 5.47. The lowest BCUT2D eigenvalue weighted by Gasteiger charge is -2.40. The highest BCUT2D eigenvalue weighted by molar-refractivity contribution is 5.94. The number of amides is 2. The fraction of sp³-hybridized carbons (Fsp3) is 0.292. The number of para-hydroxylation sites is 1. The first-order chi connectivity index (χ1) is 14.5. The summed E-state index contributed by atoms with van der Waals surface area (Å²) in [5.41, 5.74) is 1.41. The fourth-order valence-electron chi connectivity index (χ4n) is 3.88. The average Bonchev–Trinajstić information content (AvgIpc) is 2.79. The van der Waals surface area contributed by atoms with Crippen molar-refractivity contribution in [3.8, 4) is 5.75 Å². The summed E-state index contributed by atoms with van der Waals surface area (Å²) in [6, 6.07) is 18.7. The standard InChI is InChI=1S/C24H25N3O3/c1-17-16-26(24(29)20-8-4-3-5-9-20)14-15-27(17)23(28)18(2)30-21-12-6-10-19-11-7-13-25-22(19)21/h3-13,17-18H,14-16H2,1-2H3/t17-,18?/m1/s1. The molecule has 4 rings (SSSR count). The molecule has 0 N–H and O–H groups in total. The number of benzene rings is 2. The molecule has 2 aromatic carbocycles. The molecule has 1 aliphatic rings. The third kappa shape index (κ3) is 3.99. The minimum Gasteiger partial charge on any atom is -0.479 e. The van der Waals surface area contributed by atoms with Crippen LogP contribution in [0.1, 0.15) is 24.2 Å². The van der Waals surface area contributed by atoms with Gasteiger partial charge >= 0.3 is 0 Å². The van der Waals surface area contributed by atoms with E-state index in [1.165, 1.54) is 0 Å². The Labute approximate surface area is 176 Å². The summed E-state index contributed by atoms with van der Waals surface area (Å²) in [4.78, 5) is 33.8. The molecular formula is C24H25N3O3. The summed E-state index contributed by atoms with van der Waals surface area (Å²) in [5.74, 6) is 0.516. The van der Waals surface area contributed by atoms with Gasteiger partial charge in [-0.25, -0.2) is 0 Å². The number of fused-ring (bicyclic) bond motifs is 1. The van der Waals surface area contributed by atoms with Crippen LogP contribution in [-0.4, -0.2) is 58.4 Å². The van der Waals surface area contributed by atoms with E-state index in [1.807, 2.05) is 72.5 Å². The van der Waals surface area contributed by atoms with Gasteiger partial charge in [-0.05, 0) is 38.1 Å². The first-order valence-electron chi connectivity index (χ1n) is 10.2. The van der Waals surface area contributed by atoms with Crippen LogP contribution in [0, 0.1) is 0 Å².